The number of aryl methyl sites for hydroxylation is 1. The van der Waals surface area contributed by atoms with Crippen molar-refractivity contribution in [1.29, 1.82) is 0 Å². The zero-order valence-electron chi connectivity index (χ0n) is 14.6. The Labute approximate surface area is 148 Å². The van der Waals surface area contributed by atoms with Crippen LogP contribution in [0.25, 0.3) is 0 Å². The number of carbonyl (C=O) groups is 1. The Kier molecular flexibility index (Phi) is 5.24. The molecule has 2 amide bonds. The second-order valence-electron chi connectivity index (χ2n) is 6.72. The molecule has 2 N–H and O–H groups in total. The summed E-state index contributed by atoms with van der Waals surface area (Å²) in [5.41, 5.74) is 1.69. The number of hydrogen-bond donors (Lipinski definition) is 2. The number of para-hydroxylation sites is 1. The number of rotatable bonds is 5. The summed E-state index contributed by atoms with van der Waals surface area (Å²) in [4.78, 5) is 14.1. The zero-order chi connectivity index (χ0) is 17.8. The van der Waals surface area contributed by atoms with Crippen LogP contribution in [-0.4, -0.2) is 35.7 Å². The van der Waals surface area contributed by atoms with Gasteiger partial charge in [0.05, 0.1) is 11.8 Å². The van der Waals surface area contributed by atoms with Gasteiger partial charge in [-0.3, -0.25) is 0 Å². The van der Waals surface area contributed by atoms with Gasteiger partial charge in [-0.2, -0.15) is 0 Å². The highest BCUT2D eigenvalue weighted by Gasteiger charge is 2.29. The molecule has 1 aliphatic carbocycles. The number of nitrogens with zero attached hydrogens (tertiary/aromatic N) is 1. The van der Waals surface area contributed by atoms with Crippen molar-refractivity contribution in [1.82, 2.24) is 4.90 Å². The standard InChI is InChI=1S/C20H24N2O3/c1-14-8-9-19(25-17-6-4-3-5-7-17)18(10-14)21-20(24)22(2)13-15-11-16(23)12-15/h3-10,15-16,23H,11-13H2,1-2H3,(H,21,24). The van der Waals surface area contributed by atoms with Crippen LogP contribution in [0.15, 0.2) is 48.5 Å². The molecule has 0 spiro atoms. The van der Waals surface area contributed by atoms with Crippen LogP contribution >= 0.6 is 0 Å². The number of benzene rings is 2. The number of hydrogen-bond acceptors (Lipinski definition) is 3. The zero-order valence-corrected chi connectivity index (χ0v) is 14.6. The molecule has 132 valence electrons. The fourth-order valence-electron chi connectivity index (χ4n) is 2.98. The molecule has 3 rings (SSSR count). The third-order valence-corrected chi connectivity index (χ3v) is 4.44. The van der Waals surface area contributed by atoms with Gasteiger partial charge in [-0.05, 0) is 55.5 Å². The molecule has 0 unspecified atom stereocenters. The molecule has 5 nitrogen and oxygen atoms in total. The Morgan fingerprint density at radius 3 is 2.64 bits per heavy atom. The fraction of sp³-hybridized carbons (Fsp3) is 0.350. The summed E-state index contributed by atoms with van der Waals surface area (Å²) in [7, 11) is 1.77. The summed E-state index contributed by atoms with van der Waals surface area (Å²) in [6.07, 6.45) is 1.33. The largest absolute Gasteiger partial charge is 0.455 e. The third kappa shape index (κ3) is 4.51. The summed E-state index contributed by atoms with van der Waals surface area (Å²) in [5, 5.41) is 12.3. The van der Waals surface area contributed by atoms with Gasteiger partial charge in [0.1, 0.15) is 5.75 Å². The van der Waals surface area contributed by atoms with Crippen LogP contribution < -0.4 is 10.1 Å². The lowest BCUT2D eigenvalue weighted by molar-refractivity contribution is 0.0332. The summed E-state index contributed by atoms with van der Waals surface area (Å²) in [6, 6.07) is 15.0. The van der Waals surface area contributed by atoms with E-state index in [2.05, 4.69) is 5.32 Å². The van der Waals surface area contributed by atoms with Gasteiger partial charge < -0.3 is 20.1 Å². The lowest BCUT2D eigenvalue weighted by Crippen LogP contribution is -2.41. The van der Waals surface area contributed by atoms with Gasteiger partial charge in [-0.15, -0.1) is 0 Å². The number of nitrogens with one attached hydrogen (secondary N) is 1. The number of carbonyl (C=O) groups excluding carboxylic acids is 1. The van der Waals surface area contributed by atoms with E-state index in [4.69, 9.17) is 4.74 Å². The Bertz CT molecular complexity index is 727. The summed E-state index contributed by atoms with van der Waals surface area (Å²) in [6.45, 7) is 2.62. The van der Waals surface area contributed by atoms with Crippen LogP contribution in [-0.2, 0) is 0 Å². The van der Waals surface area contributed by atoms with E-state index >= 15 is 0 Å². The van der Waals surface area contributed by atoms with Crippen LogP contribution in [0, 0.1) is 12.8 Å². The van der Waals surface area contributed by atoms with Gasteiger partial charge in [0.15, 0.2) is 5.75 Å². The van der Waals surface area contributed by atoms with Crippen molar-refractivity contribution in [3.63, 3.8) is 0 Å². The van der Waals surface area contributed by atoms with E-state index in [9.17, 15) is 9.90 Å². The first-order valence-corrected chi connectivity index (χ1v) is 8.55. The van der Waals surface area contributed by atoms with Gasteiger partial charge in [0.2, 0.25) is 0 Å². The number of anilines is 1. The molecule has 2 aromatic carbocycles. The minimum Gasteiger partial charge on any atom is -0.455 e. The van der Waals surface area contributed by atoms with Crippen molar-refractivity contribution in [3.8, 4) is 11.5 Å². The van der Waals surface area contributed by atoms with Gasteiger partial charge in [-0.25, -0.2) is 4.79 Å². The predicted molar refractivity (Wildman–Crippen MR) is 98.1 cm³/mol. The molecule has 5 heteroatoms. The molecule has 0 heterocycles. The van der Waals surface area contributed by atoms with Crippen LogP contribution in [0.5, 0.6) is 11.5 Å². The van der Waals surface area contributed by atoms with Gasteiger partial charge >= 0.3 is 6.03 Å². The molecular formula is C20H24N2O3. The Hall–Kier alpha value is -2.53. The van der Waals surface area contributed by atoms with Crippen molar-refractivity contribution in [2.75, 3.05) is 18.9 Å². The Balaban J connectivity index is 1.68. The van der Waals surface area contributed by atoms with Crippen molar-refractivity contribution >= 4 is 11.7 Å². The highest BCUT2D eigenvalue weighted by atomic mass is 16.5. The Morgan fingerprint density at radius 2 is 1.96 bits per heavy atom. The molecule has 0 bridgehead atoms. The fourth-order valence-corrected chi connectivity index (χ4v) is 2.98. The van der Waals surface area contributed by atoms with Crippen molar-refractivity contribution in [2.24, 2.45) is 5.92 Å². The lowest BCUT2D eigenvalue weighted by atomic mass is 9.82. The second kappa shape index (κ2) is 7.57. The SMILES string of the molecule is Cc1ccc(Oc2ccccc2)c(NC(=O)N(C)CC2CC(O)C2)c1. The average molecular weight is 340 g/mol. The molecule has 2 aromatic rings. The van der Waals surface area contributed by atoms with Crippen LogP contribution in [0.1, 0.15) is 18.4 Å². The lowest BCUT2D eigenvalue weighted by Gasteiger charge is -2.34. The van der Waals surface area contributed by atoms with Crippen LogP contribution in [0.2, 0.25) is 0 Å². The Morgan fingerprint density at radius 1 is 1.24 bits per heavy atom. The molecule has 1 saturated carbocycles. The van der Waals surface area contributed by atoms with E-state index in [-0.39, 0.29) is 12.1 Å². The molecular weight excluding hydrogens is 316 g/mol. The first kappa shape index (κ1) is 17.3. The van der Waals surface area contributed by atoms with E-state index in [1.54, 1.807) is 11.9 Å². The van der Waals surface area contributed by atoms with E-state index < -0.39 is 0 Å². The normalized spacial score (nSPS) is 19.0. The quantitative estimate of drug-likeness (QED) is 0.864. The minimum absolute atomic E-state index is 0.176. The average Bonchev–Trinajstić information content (AvgIpc) is 2.56. The number of aliphatic hydroxyl groups excluding tert-OH is 1. The highest BCUT2D eigenvalue weighted by Crippen LogP contribution is 2.31. The molecule has 0 radical (unpaired) electrons. The van der Waals surface area contributed by atoms with Crippen molar-refractivity contribution in [2.45, 2.75) is 25.9 Å². The second-order valence-corrected chi connectivity index (χ2v) is 6.72. The molecule has 0 aromatic heterocycles. The third-order valence-electron chi connectivity index (χ3n) is 4.44. The van der Waals surface area contributed by atoms with Crippen LogP contribution in [0.3, 0.4) is 0 Å². The monoisotopic (exact) mass is 340 g/mol. The molecule has 0 saturated heterocycles. The van der Waals surface area contributed by atoms with Gasteiger partial charge in [0, 0.05) is 13.6 Å². The molecule has 1 fully saturated rings. The maximum absolute atomic E-state index is 12.5. The van der Waals surface area contributed by atoms with Crippen LogP contribution in [0.4, 0.5) is 10.5 Å². The predicted octanol–water partition coefficient (Wildman–Crippen LogP) is 4.02. The highest BCUT2D eigenvalue weighted by molar-refractivity contribution is 5.91. The number of amides is 2. The molecule has 0 atom stereocenters. The smallest absolute Gasteiger partial charge is 0.321 e. The van der Waals surface area contributed by atoms with Gasteiger partial charge in [0.25, 0.3) is 0 Å². The molecule has 25 heavy (non-hydrogen) atoms. The maximum Gasteiger partial charge on any atom is 0.321 e. The first-order valence-electron chi connectivity index (χ1n) is 8.55. The summed E-state index contributed by atoms with van der Waals surface area (Å²) >= 11 is 0. The van der Waals surface area contributed by atoms with Crippen molar-refractivity contribution in [3.05, 3.63) is 54.1 Å². The maximum atomic E-state index is 12.5. The minimum atomic E-state index is -0.205. The van der Waals surface area contributed by atoms with Gasteiger partial charge in [-0.1, -0.05) is 24.3 Å². The van der Waals surface area contributed by atoms with E-state index in [0.717, 1.165) is 24.2 Å². The molecule has 0 aliphatic heterocycles. The van der Waals surface area contributed by atoms with E-state index in [0.29, 0.717) is 23.9 Å². The number of urea groups is 1. The molecule has 1 aliphatic rings. The first-order chi connectivity index (χ1) is 12.0. The topological polar surface area (TPSA) is 61.8 Å². The number of aliphatic hydroxyl groups is 1. The van der Waals surface area contributed by atoms with E-state index in [1.807, 2.05) is 55.5 Å². The summed E-state index contributed by atoms with van der Waals surface area (Å²) in [5.74, 6) is 1.71. The van der Waals surface area contributed by atoms with Crippen molar-refractivity contribution < 1.29 is 14.6 Å². The number of ether oxygens (including phenoxy) is 1. The van der Waals surface area contributed by atoms with E-state index in [1.165, 1.54) is 0 Å². The summed E-state index contributed by atoms with van der Waals surface area (Å²) < 4.78 is 5.91.